The molecule has 2 aromatic heterocycles. The van der Waals surface area contributed by atoms with Crippen LogP contribution >= 0.6 is 11.8 Å². The minimum atomic E-state index is -0.938. The van der Waals surface area contributed by atoms with Crippen molar-refractivity contribution in [1.82, 2.24) is 15.3 Å². The topological polar surface area (TPSA) is 140 Å². The second kappa shape index (κ2) is 8.31. The largest absolute Gasteiger partial charge is 0.443 e. The molecular weight excluding hydrogens is 394 g/mol. The molecule has 3 rings (SSSR count). The maximum absolute atomic E-state index is 12.6. The number of aromatic nitrogens is 2. The minimum absolute atomic E-state index is 0.210. The number of aryl methyl sites for hydroxylation is 2. The summed E-state index contributed by atoms with van der Waals surface area (Å²) in [5.41, 5.74) is 6.55. The molecule has 150 valence electrons. The Kier molecular flexibility index (Phi) is 5.83. The summed E-state index contributed by atoms with van der Waals surface area (Å²) >= 11 is 1.01. The second-order valence-corrected chi connectivity index (χ2v) is 7.56. The zero-order valence-corrected chi connectivity index (χ0v) is 16.8. The zero-order chi connectivity index (χ0) is 21.1. The van der Waals surface area contributed by atoms with E-state index < -0.39 is 17.2 Å². The van der Waals surface area contributed by atoms with Gasteiger partial charge in [-0.25, -0.2) is 9.78 Å². The average Bonchev–Trinajstić information content (AvgIpc) is 2.95. The number of hydrogen-bond acceptors (Lipinski definition) is 7. The van der Waals surface area contributed by atoms with Crippen LogP contribution in [-0.2, 0) is 4.79 Å². The monoisotopic (exact) mass is 413 g/mol. The van der Waals surface area contributed by atoms with Crippen molar-refractivity contribution in [1.29, 1.82) is 0 Å². The van der Waals surface area contributed by atoms with Crippen molar-refractivity contribution in [2.75, 3.05) is 5.32 Å². The third-order valence-corrected chi connectivity index (χ3v) is 5.13. The van der Waals surface area contributed by atoms with Gasteiger partial charge in [0.05, 0.1) is 10.6 Å². The molecule has 1 atom stereocenters. The molecule has 0 bridgehead atoms. The van der Waals surface area contributed by atoms with Crippen molar-refractivity contribution >= 4 is 46.5 Å². The van der Waals surface area contributed by atoms with Gasteiger partial charge in [-0.1, -0.05) is 30.0 Å². The maximum Gasteiger partial charge on any atom is 0.318 e. The van der Waals surface area contributed by atoms with Crippen molar-refractivity contribution in [3.8, 4) is 0 Å². The third-order valence-electron chi connectivity index (χ3n) is 4.17. The van der Waals surface area contributed by atoms with Crippen molar-refractivity contribution in [2.24, 2.45) is 5.73 Å². The maximum atomic E-state index is 12.6. The quantitative estimate of drug-likeness (QED) is 0.431. The first-order valence-electron chi connectivity index (χ1n) is 8.67. The van der Waals surface area contributed by atoms with Gasteiger partial charge in [-0.3, -0.25) is 14.9 Å². The van der Waals surface area contributed by atoms with E-state index in [1.165, 1.54) is 0 Å². The standard InChI is InChI=1S/C19H19N5O4S/c1-9-10(2)28-17-13(9)14(21-16(26)12-7-5-4-6-8-12)22-19(24-17)29-11(3)15(25)23-18(20)27/h4-8,11H,1-3H3,(H3,20,23,25,27)(H,21,22,24,26)/t11-/m0/s1. The van der Waals surface area contributed by atoms with Gasteiger partial charge < -0.3 is 15.5 Å². The number of nitrogens with zero attached hydrogens (tertiary/aromatic N) is 2. The van der Waals surface area contributed by atoms with Gasteiger partial charge >= 0.3 is 6.03 Å². The normalized spacial score (nSPS) is 11.8. The van der Waals surface area contributed by atoms with Gasteiger partial charge in [-0.05, 0) is 32.9 Å². The van der Waals surface area contributed by atoms with E-state index in [9.17, 15) is 14.4 Å². The number of thioether (sulfide) groups is 1. The number of carbonyl (C=O) groups is 3. The lowest BCUT2D eigenvalue weighted by Crippen LogP contribution is -2.39. The van der Waals surface area contributed by atoms with Crippen LogP contribution in [0.15, 0.2) is 39.9 Å². The van der Waals surface area contributed by atoms with Crippen LogP contribution in [0.25, 0.3) is 11.1 Å². The van der Waals surface area contributed by atoms with Crippen LogP contribution in [-0.4, -0.2) is 33.1 Å². The fourth-order valence-corrected chi connectivity index (χ4v) is 3.34. The highest BCUT2D eigenvalue weighted by Crippen LogP contribution is 2.32. The number of anilines is 1. The number of nitrogens with two attached hydrogens (primary N) is 1. The number of urea groups is 1. The van der Waals surface area contributed by atoms with Crippen molar-refractivity contribution in [2.45, 2.75) is 31.2 Å². The van der Waals surface area contributed by atoms with E-state index in [1.54, 1.807) is 38.1 Å². The lowest BCUT2D eigenvalue weighted by atomic mass is 10.2. The number of carbonyl (C=O) groups excluding carboxylic acids is 3. The van der Waals surface area contributed by atoms with E-state index in [2.05, 4.69) is 15.3 Å². The second-order valence-electron chi connectivity index (χ2n) is 6.25. The number of furan rings is 1. The SMILES string of the molecule is Cc1oc2nc(S[C@@H](C)C(=O)NC(N)=O)nc(NC(=O)c3ccccc3)c2c1C. The molecule has 0 aliphatic carbocycles. The number of hydrogen-bond donors (Lipinski definition) is 3. The molecule has 0 spiro atoms. The first-order chi connectivity index (χ1) is 13.8. The number of amides is 4. The molecule has 0 aliphatic rings. The molecule has 4 N–H and O–H groups in total. The minimum Gasteiger partial charge on any atom is -0.443 e. The number of primary amides is 1. The summed E-state index contributed by atoms with van der Waals surface area (Å²) in [6.45, 7) is 5.21. The van der Waals surface area contributed by atoms with Crippen molar-refractivity contribution in [3.63, 3.8) is 0 Å². The summed E-state index contributed by atoms with van der Waals surface area (Å²) in [4.78, 5) is 44.2. The number of nitrogens with one attached hydrogen (secondary N) is 2. The van der Waals surface area contributed by atoms with Gasteiger partial charge in [0.15, 0.2) is 5.16 Å². The molecule has 9 nitrogen and oxygen atoms in total. The van der Waals surface area contributed by atoms with Crippen LogP contribution in [0.5, 0.6) is 0 Å². The lowest BCUT2D eigenvalue weighted by Gasteiger charge is -2.11. The highest BCUT2D eigenvalue weighted by atomic mass is 32.2. The average molecular weight is 413 g/mol. The van der Waals surface area contributed by atoms with Crippen LogP contribution in [0.3, 0.4) is 0 Å². The Labute approximate surface area is 170 Å². The highest BCUT2D eigenvalue weighted by Gasteiger charge is 2.22. The van der Waals surface area contributed by atoms with Gasteiger partial charge in [-0.15, -0.1) is 0 Å². The van der Waals surface area contributed by atoms with Crippen LogP contribution in [0.4, 0.5) is 10.6 Å². The Balaban J connectivity index is 1.96. The summed E-state index contributed by atoms with van der Waals surface area (Å²) in [5.74, 6) is 0.0154. The first-order valence-corrected chi connectivity index (χ1v) is 9.55. The van der Waals surface area contributed by atoms with E-state index >= 15 is 0 Å². The number of fused-ring (bicyclic) bond motifs is 1. The molecule has 2 heterocycles. The Morgan fingerprint density at radius 3 is 2.48 bits per heavy atom. The molecule has 1 aromatic carbocycles. The third kappa shape index (κ3) is 4.54. The van der Waals surface area contributed by atoms with E-state index in [4.69, 9.17) is 10.2 Å². The van der Waals surface area contributed by atoms with E-state index in [-0.39, 0.29) is 16.9 Å². The smallest absolute Gasteiger partial charge is 0.318 e. The lowest BCUT2D eigenvalue weighted by molar-refractivity contribution is -0.119. The number of imide groups is 1. The summed E-state index contributed by atoms with van der Waals surface area (Å²) < 4.78 is 5.68. The first kappa shape index (κ1) is 20.3. The summed E-state index contributed by atoms with van der Waals surface area (Å²) in [6, 6.07) is 7.78. The molecule has 0 saturated heterocycles. The van der Waals surface area contributed by atoms with E-state index in [0.717, 1.165) is 17.3 Å². The Morgan fingerprint density at radius 2 is 1.83 bits per heavy atom. The molecule has 0 saturated carbocycles. The Hall–Kier alpha value is -3.40. The molecule has 0 unspecified atom stereocenters. The van der Waals surface area contributed by atoms with Crippen LogP contribution in [0.2, 0.25) is 0 Å². The molecule has 3 aromatic rings. The Morgan fingerprint density at radius 1 is 1.14 bits per heavy atom. The highest BCUT2D eigenvalue weighted by molar-refractivity contribution is 8.00. The zero-order valence-electron chi connectivity index (χ0n) is 16.0. The molecular formula is C19H19N5O4S. The summed E-state index contributed by atoms with van der Waals surface area (Å²) in [5, 5.41) is 4.90. The van der Waals surface area contributed by atoms with Gasteiger partial charge in [0, 0.05) is 11.1 Å². The fraction of sp³-hybridized carbons (Fsp3) is 0.211. The number of rotatable bonds is 5. The molecule has 0 aliphatic heterocycles. The van der Waals surface area contributed by atoms with Gasteiger partial charge in [0.1, 0.15) is 11.6 Å². The van der Waals surface area contributed by atoms with Gasteiger partial charge in [0.2, 0.25) is 11.6 Å². The fourth-order valence-electron chi connectivity index (χ4n) is 2.58. The van der Waals surface area contributed by atoms with E-state index in [1.807, 2.05) is 18.3 Å². The van der Waals surface area contributed by atoms with Gasteiger partial charge in [-0.2, -0.15) is 4.98 Å². The van der Waals surface area contributed by atoms with Crippen molar-refractivity contribution < 1.29 is 18.8 Å². The van der Waals surface area contributed by atoms with Crippen LogP contribution in [0, 0.1) is 13.8 Å². The molecule has 10 heteroatoms. The van der Waals surface area contributed by atoms with Crippen molar-refractivity contribution in [3.05, 3.63) is 47.2 Å². The predicted molar refractivity (Wildman–Crippen MR) is 109 cm³/mol. The number of benzene rings is 1. The summed E-state index contributed by atoms with van der Waals surface area (Å²) in [6.07, 6.45) is 0. The van der Waals surface area contributed by atoms with Crippen LogP contribution in [0.1, 0.15) is 28.6 Å². The van der Waals surface area contributed by atoms with E-state index in [0.29, 0.717) is 22.4 Å². The summed E-state index contributed by atoms with van der Waals surface area (Å²) in [7, 11) is 0. The molecule has 0 fully saturated rings. The Bertz CT molecular complexity index is 1100. The molecule has 29 heavy (non-hydrogen) atoms. The predicted octanol–water partition coefficient (Wildman–Crippen LogP) is 2.77. The molecule has 4 amide bonds. The van der Waals surface area contributed by atoms with Crippen LogP contribution < -0.4 is 16.4 Å². The van der Waals surface area contributed by atoms with Gasteiger partial charge in [0.25, 0.3) is 5.91 Å². The molecule has 0 radical (unpaired) electrons.